The van der Waals surface area contributed by atoms with E-state index in [2.05, 4.69) is 0 Å². The number of aldehydes is 3. The molecule has 4 nitrogen and oxygen atoms in total. The van der Waals surface area contributed by atoms with Crippen LogP contribution in [-0.4, -0.2) is 36.8 Å². The summed E-state index contributed by atoms with van der Waals surface area (Å²) in [4.78, 5) is 33.8. The van der Waals surface area contributed by atoms with Gasteiger partial charge in [0.15, 0.2) is 12.6 Å². The SMILES string of the molecule is CCN(CC=O)Cc1ccc(C=O)c(C=O)c1. The Labute approximate surface area is 100 Å². The second kappa shape index (κ2) is 6.70. The molecule has 0 aliphatic carbocycles. The third kappa shape index (κ3) is 3.60. The molecule has 0 aliphatic rings. The standard InChI is InChI=1S/C13H15NO3/c1-2-14(5-6-15)8-11-3-4-12(9-16)13(7-11)10-17/h3-4,6-7,9-10H,2,5,8H2,1H3. The molecule has 17 heavy (non-hydrogen) atoms. The molecule has 1 aromatic carbocycles. The molecule has 1 aromatic rings. The van der Waals surface area contributed by atoms with E-state index in [4.69, 9.17) is 0 Å². The lowest BCUT2D eigenvalue weighted by Crippen LogP contribution is -2.24. The van der Waals surface area contributed by atoms with Crippen molar-refractivity contribution in [1.29, 1.82) is 0 Å². The van der Waals surface area contributed by atoms with Gasteiger partial charge in [-0.1, -0.05) is 19.1 Å². The quantitative estimate of drug-likeness (QED) is 0.667. The van der Waals surface area contributed by atoms with Crippen molar-refractivity contribution < 1.29 is 14.4 Å². The summed E-state index contributed by atoms with van der Waals surface area (Å²) in [5.41, 5.74) is 1.70. The average Bonchev–Trinajstić information content (AvgIpc) is 2.38. The predicted molar refractivity (Wildman–Crippen MR) is 64.2 cm³/mol. The Morgan fingerprint density at radius 3 is 2.35 bits per heavy atom. The van der Waals surface area contributed by atoms with Crippen LogP contribution in [0, 0.1) is 0 Å². The fraction of sp³-hybridized carbons (Fsp3) is 0.308. The molecular formula is C13H15NO3. The molecule has 0 spiro atoms. The maximum Gasteiger partial charge on any atom is 0.150 e. The van der Waals surface area contributed by atoms with Gasteiger partial charge in [0.05, 0.1) is 6.54 Å². The van der Waals surface area contributed by atoms with E-state index in [1.165, 1.54) is 0 Å². The summed E-state index contributed by atoms with van der Waals surface area (Å²) < 4.78 is 0. The van der Waals surface area contributed by atoms with Crippen molar-refractivity contribution in [1.82, 2.24) is 4.90 Å². The zero-order valence-corrected chi connectivity index (χ0v) is 9.76. The van der Waals surface area contributed by atoms with Crippen LogP contribution in [0.2, 0.25) is 0 Å². The van der Waals surface area contributed by atoms with E-state index in [0.29, 0.717) is 36.8 Å². The number of carbonyl (C=O) groups is 3. The lowest BCUT2D eigenvalue weighted by Gasteiger charge is -2.17. The number of hydrogen-bond acceptors (Lipinski definition) is 4. The molecule has 0 amide bonds. The summed E-state index contributed by atoms with van der Waals surface area (Å²) in [7, 11) is 0. The highest BCUT2D eigenvalue weighted by molar-refractivity contribution is 5.90. The van der Waals surface area contributed by atoms with Crippen molar-refractivity contribution >= 4 is 18.9 Å². The first-order valence-corrected chi connectivity index (χ1v) is 5.44. The van der Waals surface area contributed by atoms with Gasteiger partial charge in [0, 0.05) is 17.7 Å². The van der Waals surface area contributed by atoms with Crippen molar-refractivity contribution in [2.24, 2.45) is 0 Å². The molecule has 0 radical (unpaired) electrons. The first-order valence-electron chi connectivity index (χ1n) is 5.44. The van der Waals surface area contributed by atoms with Gasteiger partial charge in [-0.3, -0.25) is 14.5 Å². The molecule has 0 saturated carbocycles. The Bertz CT molecular complexity index is 415. The number of rotatable bonds is 7. The first kappa shape index (κ1) is 13.3. The topological polar surface area (TPSA) is 54.5 Å². The van der Waals surface area contributed by atoms with Crippen molar-refractivity contribution in [2.45, 2.75) is 13.5 Å². The summed E-state index contributed by atoms with van der Waals surface area (Å²) in [5.74, 6) is 0. The largest absolute Gasteiger partial charge is 0.302 e. The summed E-state index contributed by atoms with van der Waals surface area (Å²) in [6.45, 7) is 3.67. The van der Waals surface area contributed by atoms with Crippen LogP contribution >= 0.6 is 0 Å². The van der Waals surface area contributed by atoms with Gasteiger partial charge in [-0.05, 0) is 18.2 Å². The Balaban J connectivity index is 2.87. The number of likely N-dealkylation sites (N-methyl/N-ethyl adjacent to an activating group) is 1. The predicted octanol–water partition coefficient (Wildman–Crippen LogP) is 1.33. The van der Waals surface area contributed by atoms with E-state index < -0.39 is 0 Å². The smallest absolute Gasteiger partial charge is 0.150 e. The zero-order valence-electron chi connectivity index (χ0n) is 9.76. The summed E-state index contributed by atoms with van der Waals surface area (Å²) in [5, 5.41) is 0. The maximum atomic E-state index is 10.8. The van der Waals surface area contributed by atoms with E-state index in [0.717, 1.165) is 18.4 Å². The van der Waals surface area contributed by atoms with Crippen LogP contribution in [0.5, 0.6) is 0 Å². The van der Waals surface area contributed by atoms with Crippen molar-refractivity contribution in [3.05, 3.63) is 34.9 Å². The highest BCUT2D eigenvalue weighted by Gasteiger charge is 2.06. The minimum absolute atomic E-state index is 0.363. The molecule has 90 valence electrons. The Morgan fingerprint density at radius 2 is 1.82 bits per heavy atom. The van der Waals surface area contributed by atoms with Crippen molar-refractivity contribution in [3.8, 4) is 0 Å². The van der Waals surface area contributed by atoms with Gasteiger partial charge in [-0.15, -0.1) is 0 Å². The summed E-state index contributed by atoms with van der Waals surface area (Å²) in [6.07, 6.45) is 2.18. The molecule has 0 saturated heterocycles. The second-order valence-corrected chi connectivity index (χ2v) is 3.69. The van der Waals surface area contributed by atoms with Crippen LogP contribution in [0.25, 0.3) is 0 Å². The fourth-order valence-corrected chi connectivity index (χ4v) is 1.60. The van der Waals surface area contributed by atoms with Crippen LogP contribution in [0.3, 0.4) is 0 Å². The van der Waals surface area contributed by atoms with Gasteiger partial charge in [0.25, 0.3) is 0 Å². The van der Waals surface area contributed by atoms with Crippen LogP contribution in [0.4, 0.5) is 0 Å². The van der Waals surface area contributed by atoms with Gasteiger partial charge in [-0.2, -0.15) is 0 Å². The highest BCUT2D eigenvalue weighted by atomic mass is 16.1. The van der Waals surface area contributed by atoms with E-state index in [-0.39, 0.29) is 0 Å². The molecule has 4 heteroatoms. The van der Waals surface area contributed by atoms with E-state index in [1.54, 1.807) is 18.2 Å². The van der Waals surface area contributed by atoms with Crippen LogP contribution in [0.1, 0.15) is 33.2 Å². The van der Waals surface area contributed by atoms with Crippen LogP contribution < -0.4 is 0 Å². The maximum absolute atomic E-state index is 10.8. The number of nitrogens with zero attached hydrogens (tertiary/aromatic N) is 1. The zero-order chi connectivity index (χ0) is 12.7. The van der Waals surface area contributed by atoms with Crippen molar-refractivity contribution in [2.75, 3.05) is 13.1 Å². The first-order chi connectivity index (χ1) is 8.24. The normalized spacial score (nSPS) is 10.2. The molecule has 0 heterocycles. The van der Waals surface area contributed by atoms with Gasteiger partial charge >= 0.3 is 0 Å². The lowest BCUT2D eigenvalue weighted by atomic mass is 10.1. The van der Waals surface area contributed by atoms with Gasteiger partial charge in [0.1, 0.15) is 6.29 Å². The molecule has 0 atom stereocenters. The average molecular weight is 233 g/mol. The van der Waals surface area contributed by atoms with Crippen LogP contribution in [0.15, 0.2) is 18.2 Å². The molecule has 0 N–H and O–H groups in total. The highest BCUT2D eigenvalue weighted by Crippen LogP contribution is 2.10. The van der Waals surface area contributed by atoms with Gasteiger partial charge in [0.2, 0.25) is 0 Å². The Morgan fingerprint density at radius 1 is 1.12 bits per heavy atom. The van der Waals surface area contributed by atoms with Crippen LogP contribution in [-0.2, 0) is 11.3 Å². The van der Waals surface area contributed by atoms with Gasteiger partial charge in [-0.25, -0.2) is 0 Å². The fourth-order valence-electron chi connectivity index (χ4n) is 1.60. The molecule has 0 aromatic heterocycles. The Hall–Kier alpha value is -1.81. The lowest BCUT2D eigenvalue weighted by molar-refractivity contribution is -0.108. The van der Waals surface area contributed by atoms with Gasteiger partial charge < -0.3 is 4.79 Å². The monoisotopic (exact) mass is 233 g/mol. The van der Waals surface area contributed by atoms with Crippen molar-refractivity contribution in [3.63, 3.8) is 0 Å². The minimum atomic E-state index is 0.363. The molecule has 0 bridgehead atoms. The minimum Gasteiger partial charge on any atom is -0.302 e. The number of benzene rings is 1. The van der Waals surface area contributed by atoms with E-state index >= 15 is 0 Å². The molecule has 0 fully saturated rings. The summed E-state index contributed by atoms with van der Waals surface area (Å²) >= 11 is 0. The third-order valence-electron chi connectivity index (χ3n) is 2.59. The second-order valence-electron chi connectivity index (χ2n) is 3.69. The molecular weight excluding hydrogens is 218 g/mol. The van der Waals surface area contributed by atoms with E-state index in [9.17, 15) is 14.4 Å². The number of carbonyl (C=O) groups excluding carboxylic acids is 3. The number of hydrogen-bond donors (Lipinski definition) is 0. The molecule has 1 rings (SSSR count). The molecule has 0 aliphatic heterocycles. The third-order valence-corrected chi connectivity index (χ3v) is 2.59. The Kier molecular flexibility index (Phi) is 5.23. The van der Waals surface area contributed by atoms with E-state index in [1.807, 2.05) is 11.8 Å². The summed E-state index contributed by atoms with van der Waals surface area (Å²) in [6, 6.07) is 5.11. The molecule has 0 unspecified atom stereocenters.